The second-order valence-corrected chi connectivity index (χ2v) is 5.42. The SMILES string of the molecule is COc1ccc(C(=O)NC2C(=O)NNC2c2cccnc2)cc1OC. The highest BCUT2D eigenvalue weighted by Gasteiger charge is 2.37. The van der Waals surface area contributed by atoms with Gasteiger partial charge in [0.15, 0.2) is 11.5 Å². The van der Waals surface area contributed by atoms with E-state index in [-0.39, 0.29) is 5.91 Å². The van der Waals surface area contributed by atoms with E-state index < -0.39 is 18.0 Å². The monoisotopic (exact) mass is 342 g/mol. The van der Waals surface area contributed by atoms with Gasteiger partial charge in [-0.15, -0.1) is 0 Å². The van der Waals surface area contributed by atoms with Crippen molar-refractivity contribution in [2.45, 2.75) is 12.1 Å². The normalized spacial score (nSPS) is 19.2. The molecule has 2 unspecified atom stereocenters. The number of nitrogens with one attached hydrogen (secondary N) is 3. The minimum absolute atomic E-state index is 0.317. The lowest BCUT2D eigenvalue weighted by Gasteiger charge is -2.18. The summed E-state index contributed by atoms with van der Waals surface area (Å²) in [6, 6.07) is 7.24. The van der Waals surface area contributed by atoms with E-state index in [1.54, 1.807) is 36.7 Å². The van der Waals surface area contributed by atoms with Crippen LogP contribution in [0.3, 0.4) is 0 Å². The highest BCUT2D eigenvalue weighted by Crippen LogP contribution is 2.28. The second-order valence-electron chi connectivity index (χ2n) is 5.42. The topological polar surface area (TPSA) is 102 Å². The average molecular weight is 342 g/mol. The van der Waals surface area contributed by atoms with Gasteiger partial charge in [0, 0.05) is 18.0 Å². The van der Waals surface area contributed by atoms with E-state index in [1.165, 1.54) is 14.2 Å². The highest BCUT2D eigenvalue weighted by atomic mass is 16.5. The van der Waals surface area contributed by atoms with Gasteiger partial charge in [-0.05, 0) is 29.8 Å². The summed E-state index contributed by atoms with van der Waals surface area (Å²) in [6.45, 7) is 0. The number of carbonyl (C=O) groups is 2. The predicted octanol–water partition coefficient (Wildman–Crippen LogP) is 0.573. The number of ether oxygens (including phenoxy) is 2. The molecule has 2 heterocycles. The van der Waals surface area contributed by atoms with Crippen molar-refractivity contribution in [1.29, 1.82) is 0 Å². The number of amides is 2. The standard InChI is InChI=1S/C17H18N4O4/c1-24-12-6-5-10(8-13(12)25-2)16(22)19-15-14(20-21-17(15)23)11-4-3-7-18-9-11/h3-9,14-15,20H,1-2H3,(H,19,22)(H,21,23). The van der Waals surface area contributed by atoms with Crippen LogP contribution in [-0.2, 0) is 4.79 Å². The van der Waals surface area contributed by atoms with E-state index in [4.69, 9.17) is 9.47 Å². The van der Waals surface area contributed by atoms with E-state index in [0.717, 1.165) is 5.56 Å². The average Bonchev–Trinajstić information content (AvgIpc) is 3.02. The Labute approximate surface area is 144 Å². The van der Waals surface area contributed by atoms with Crippen LogP contribution >= 0.6 is 0 Å². The first kappa shape index (κ1) is 16.7. The van der Waals surface area contributed by atoms with Crippen LogP contribution in [0.1, 0.15) is 22.0 Å². The van der Waals surface area contributed by atoms with Gasteiger partial charge >= 0.3 is 0 Å². The number of pyridine rings is 1. The fraction of sp³-hybridized carbons (Fsp3) is 0.235. The maximum absolute atomic E-state index is 12.6. The quantitative estimate of drug-likeness (QED) is 0.734. The molecular weight excluding hydrogens is 324 g/mol. The van der Waals surface area contributed by atoms with Gasteiger partial charge in [-0.1, -0.05) is 6.07 Å². The Morgan fingerprint density at radius 3 is 2.68 bits per heavy atom. The van der Waals surface area contributed by atoms with Crippen LogP contribution in [0.4, 0.5) is 0 Å². The molecule has 1 saturated heterocycles. The van der Waals surface area contributed by atoms with Gasteiger partial charge in [0.05, 0.1) is 20.3 Å². The molecule has 8 nitrogen and oxygen atoms in total. The molecule has 1 aliphatic rings. The van der Waals surface area contributed by atoms with Crippen molar-refractivity contribution in [1.82, 2.24) is 21.2 Å². The van der Waals surface area contributed by atoms with E-state index in [9.17, 15) is 9.59 Å². The first-order valence-corrected chi connectivity index (χ1v) is 7.62. The summed E-state index contributed by atoms with van der Waals surface area (Å²) in [5.74, 6) is 0.252. The number of methoxy groups -OCH3 is 2. The lowest BCUT2D eigenvalue weighted by Crippen LogP contribution is -2.42. The van der Waals surface area contributed by atoms with Gasteiger partial charge in [-0.3, -0.25) is 20.0 Å². The van der Waals surface area contributed by atoms with Crippen molar-refractivity contribution in [3.63, 3.8) is 0 Å². The summed E-state index contributed by atoms with van der Waals surface area (Å²) in [4.78, 5) is 28.7. The largest absolute Gasteiger partial charge is 0.493 e. The minimum atomic E-state index is -0.759. The molecule has 0 bridgehead atoms. The lowest BCUT2D eigenvalue weighted by molar-refractivity contribution is -0.121. The van der Waals surface area contributed by atoms with E-state index in [0.29, 0.717) is 17.1 Å². The van der Waals surface area contributed by atoms with Crippen molar-refractivity contribution in [2.75, 3.05) is 14.2 Å². The van der Waals surface area contributed by atoms with Gasteiger partial charge in [0.1, 0.15) is 6.04 Å². The molecule has 0 saturated carbocycles. The summed E-state index contributed by atoms with van der Waals surface area (Å²) in [5, 5.41) is 2.74. The molecule has 1 fully saturated rings. The summed E-state index contributed by atoms with van der Waals surface area (Å²) < 4.78 is 10.4. The fourth-order valence-electron chi connectivity index (χ4n) is 2.65. The molecule has 0 radical (unpaired) electrons. The highest BCUT2D eigenvalue weighted by molar-refractivity contribution is 5.98. The van der Waals surface area contributed by atoms with Crippen LogP contribution in [0.2, 0.25) is 0 Å². The lowest BCUT2D eigenvalue weighted by atomic mass is 10.0. The Bertz CT molecular complexity index is 781. The number of hydrazine groups is 1. The molecule has 3 rings (SSSR count). The Morgan fingerprint density at radius 2 is 2.00 bits per heavy atom. The first-order valence-electron chi connectivity index (χ1n) is 7.62. The van der Waals surface area contributed by atoms with Crippen molar-refractivity contribution in [3.8, 4) is 11.5 Å². The fourth-order valence-corrected chi connectivity index (χ4v) is 2.65. The van der Waals surface area contributed by atoms with Crippen LogP contribution in [0, 0.1) is 0 Å². The van der Waals surface area contributed by atoms with Crippen LogP contribution in [0.15, 0.2) is 42.7 Å². The number of aromatic nitrogens is 1. The van der Waals surface area contributed by atoms with Crippen molar-refractivity contribution >= 4 is 11.8 Å². The third kappa shape index (κ3) is 3.38. The van der Waals surface area contributed by atoms with Crippen LogP contribution in [0.25, 0.3) is 0 Å². The Kier molecular flexibility index (Phi) is 4.80. The van der Waals surface area contributed by atoms with Crippen molar-refractivity contribution in [2.24, 2.45) is 0 Å². The predicted molar refractivity (Wildman–Crippen MR) is 89.1 cm³/mol. The van der Waals surface area contributed by atoms with E-state index in [2.05, 4.69) is 21.2 Å². The molecular formula is C17H18N4O4. The Morgan fingerprint density at radius 1 is 1.20 bits per heavy atom. The van der Waals surface area contributed by atoms with Crippen LogP contribution in [0.5, 0.6) is 11.5 Å². The third-order valence-corrected chi connectivity index (χ3v) is 3.94. The molecule has 25 heavy (non-hydrogen) atoms. The summed E-state index contributed by atoms with van der Waals surface area (Å²) in [6.07, 6.45) is 3.29. The van der Waals surface area contributed by atoms with Crippen LogP contribution < -0.4 is 25.6 Å². The van der Waals surface area contributed by atoms with Gasteiger partial charge in [-0.2, -0.15) is 0 Å². The Hall–Kier alpha value is -3.13. The molecule has 1 aromatic heterocycles. The van der Waals surface area contributed by atoms with Gasteiger partial charge in [-0.25, -0.2) is 5.43 Å². The molecule has 1 aliphatic heterocycles. The number of rotatable bonds is 5. The maximum Gasteiger partial charge on any atom is 0.258 e. The van der Waals surface area contributed by atoms with Gasteiger partial charge in [0.25, 0.3) is 11.8 Å². The zero-order valence-corrected chi connectivity index (χ0v) is 13.8. The summed E-state index contributed by atoms with van der Waals surface area (Å²) in [7, 11) is 3.01. The molecule has 2 atom stereocenters. The number of benzene rings is 1. The summed E-state index contributed by atoms with van der Waals surface area (Å²) in [5.41, 5.74) is 6.56. The number of hydrogen-bond donors (Lipinski definition) is 3. The van der Waals surface area contributed by atoms with Crippen LogP contribution in [-0.4, -0.2) is 37.1 Å². The smallest absolute Gasteiger partial charge is 0.258 e. The first-order chi connectivity index (χ1) is 12.1. The van der Waals surface area contributed by atoms with E-state index >= 15 is 0 Å². The zero-order valence-electron chi connectivity index (χ0n) is 13.8. The number of hydrogen-bond acceptors (Lipinski definition) is 6. The number of nitrogens with zero attached hydrogens (tertiary/aromatic N) is 1. The van der Waals surface area contributed by atoms with Crippen molar-refractivity contribution in [3.05, 3.63) is 53.9 Å². The molecule has 1 aromatic carbocycles. The van der Waals surface area contributed by atoms with E-state index in [1.807, 2.05) is 6.07 Å². The molecule has 2 aromatic rings. The number of carbonyl (C=O) groups excluding carboxylic acids is 2. The van der Waals surface area contributed by atoms with Gasteiger partial charge in [0.2, 0.25) is 0 Å². The molecule has 0 spiro atoms. The molecule has 130 valence electrons. The summed E-state index contributed by atoms with van der Waals surface area (Å²) >= 11 is 0. The molecule has 2 amide bonds. The zero-order chi connectivity index (χ0) is 17.8. The maximum atomic E-state index is 12.6. The van der Waals surface area contributed by atoms with Crippen molar-refractivity contribution < 1.29 is 19.1 Å². The Balaban J connectivity index is 1.80. The molecule has 8 heteroatoms. The minimum Gasteiger partial charge on any atom is -0.493 e. The molecule has 3 N–H and O–H groups in total. The molecule has 0 aliphatic carbocycles. The third-order valence-electron chi connectivity index (χ3n) is 3.94. The van der Waals surface area contributed by atoms with Gasteiger partial charge < -0.3 is 14.8 Å². The second kappa shape index (κ2) is 7.18.